The molecule has 0 aromatic heterocycles. The topological polar surface area (TPSA) is 69.7 Å². The number of ketones is 2. The van der Waals surface area contributed by atoms with Gasteiger partial charge in [-0.2, -0.15) is 0 Å². The van der Waals surface area contributed by atoms with Crippen LogP contribution in [0.25, 0.3) is 0 Å². The molecule has 0 spiro atoms. The molecule has 5 rings (SSSR count). The van der Waals surface area contributed by atoms with Gasteiger partial charge in [-0.05, 0) is 73.3 Å². The molecule has 2 bridgehead atoms. The van der Waals surface area contributed by atoms with Gasteiger partial charge in [-0.3, -0.25) is 14.4 Å². The second kappa shape index (κ2) is 6.25. The fourth-order valence-corrected chi connectivity index (χ4v) is 7.84. The monoisotopic (exact) mass is 386 g/mol. The Hall–Kier alpha value is -1.49. The summed E-state index contributed by atoms with van der Waals surface area (Å²) >= 11 is 0. The summed E-state index contributed by atoms with van der Waals surface area (Å²) in [6.45, 7) is 4.35. The lowest BCUT2D eigenvalue weighted by atomic mass is 9.46. The van der Waals surface area contributed by atoms with Gasteiger partial charge < -0.3 is 9.47 Å². The maximum atomic E-state index is 12.8. The van der Waals surface area contributed by atoms with Crippen LogP contribution in [0.3, 0.4) is 0 Å². The zero-order chi connectivity index (χ0) is 19.7. The molecule has 0 unspecified atom stereocenters. The van der Waals surface area contributed by atoms with Gasteiger partial charge in [-0.15, -0.1) is 0 Å². The highest BCUT2D eigenvalue weighted by Gasteiger charge is 2.65. The van der Waals surface area contributed by atoms with Gasteiger partial charge in [0.1, 0.15) is 6.61 Å². The molecule has 1 heterocycles. The molecule has 0 N–H and O–H groups in total. The van der Waals surface area contributed by atoms with Crippen molar-refractivity contribution in [3.8, 4) is 0 Å². The molecule has 1 saturated heterocycles. The molecule has 5 nitrogen and oxygen atoms in total. The van der Waals surface area contributed by atoms with Gasteiger partial charge in [0.25, 0.3) is 0 Å². The van der Waals surface area contributed by atoms with E-state index in [1.165, 1.54) is 12.5 Å². The second-order valence-electron chi connectivity index (χ2n) is 10.1. The molecular weight excluding hydrogens is 356 g/mol. The number of carbonyl (C=O) groups is 3. The van der Waals surface area contributed by atoms with Crippen LogP contribution in [0.2, 0.25) is 0 Å². The molecule has 152 valence electrons. The van der Waals surface area contributed by atoms with Crippen molar-refractivity contribution in [3.05, 3.63) is 11.6 Å². The van der Waals surface area contributed by atoms with Crippen molar-refractivity contribution >= 4 is 17.5 Å². The molecule has 0 radical (unpaired) electrons. The largest absolute Gasteiger partial charge is 0.458 e. The summed E-state index contributed by atoms with van der Waals surface area (Å²) in [4.78, 5) is 36.0. The van der Waals surface area contributed by atoms with Crippen LogP contribution in [0.15, 0.2) is 11.6 Å². The van der Waals surface area contributed by atoms with Crippen molar-refractivity contribution in [2.24, 2.45) is 34.5 Å². The number of rotatable bonds is 3. The van der Waals surface area contributed by atoms with E-state index in [-0.39, 0.29) is 47.0 Å². The minimum atomic E-state index is -0.386. The maximum Gasteiger partial charge on any atom is 0.303 e. The standard InChI is InChI=1S/C23H30O5/c1-13(24)27-11-20(26)18-4-3-16-15-10-21-19-9-14(25)5-8-23(19,12-28-21)17(15)6-7-22(16,18)2/h9,15-18,21H,3-8,10-12H2,1-2H3/t15-,16-,17-,18+,21-,22-,23-/m0/s1. The number of carbonyl (C=O) groups excluding carboxylic acids is 3. The van der Waals surface area contributed by atoms with Crippen molar-refractivity contribution in [2.45, 2.75) is 64.9 Å². The Kier molecular flexibility index (Phi) is 4.14. The summed E-state index contributed by atoms with van der Waals surface area (Å²) in [6, 6.07) is 0. The van der Waals surface area contributed by atoms with Crippen molar-refractivity contribution in [1.82, 2.24) is 0 Å². The first-order valence-corrected chi connectivity index (χ1v) is 10.9. The number of Topliss-reactive ketones (excluding diaryl/α,β-unsaturated/α-hetero) is 1. The SMILES string of the molecule is CC(=O)OCC(=O)[C@H]1CC[C@H]2[C@@H]3C[C@@H]4OC[C@@]5(CCC(=O)C=C45)[C@H]3CC[C@]12C. The molecule has 28 heavy (non-hydrogen) atoms. The third kappa shape index (κ3) is 2.44. The van der Waals surface area contributed by atoms with Gasteiger partial charge >= 0.3 is 5.97 Å². The van der Waals surface area contributed by atoms with Crippen LogP contribution in [0.4, 0.5) is 0 Å². The normalized spacial score (nSPS) is 46.3. The quantitative estimate of drug-likeness (QED) is 0.697. The van der Waals surface area contributed by atoms with Crippen LogP contribution in [0, 0.1) is 34.5 Å². The molecule has 7 atom stereocenters. The summed E-state index contributed by atoms with van der Waals surface area (Å²) in [5.74, 6) is 1.64. The van der Waals surface area contributed by atoms with E-state index < -0.39 is 0 Å². The first-order valence-electron chi connectivity index (χ1n) is 10.9. The van der Waals surface area contributed by atoms with Crippen LogP contribution in [-0.2, 0) is 23.9 Å². The smallest absolute Gasteiger partial charge is 0.303 e. The summed E-state index contributed by atoms with van der Waals surface area (Å²) < 4.78 is 11.3. The molecule has 5 heteroatoms. The number of hydrogen-bond acceptors (Lipinski definition) is 5. The molecule has 5 aliphatic rings. The summed E-state index contributed by atoms with van der Waals surface area (Å²) in [5, 5.41) is 0. The third-order valence-corrected chi connectivity index (χ3v) is 9.04. The van der Waals surface area contributed by atoms with Crippen molar-refractivity contribution < 1.29 is 23.9 Å². The Labute approximate surface area is 166 Å². The Balaban J connectivity index is 1.41. The van der Waals surface area contributed by atoms with E-state index in [1.807, 2.05) is 6.08 Å². The Bertz CT molecular complexity index is 769. The molecule has 4 aliphatic carbocycles. The number of esters is 1. The summed E-state index contributed by atoms with van der Waals surface area (Å²) in [6.07, 6.45) is 8.73. The lowest BCUT2D eigenvalue weighted by molar-refractivity contribution is -0.149. The summed E-state index contributed by atoms with van der Waals surface area (Å²) in [7, 11) is 0. The van der Waals surface area contributed by atoms with E-state index in [1.54, 1.807) is 0 Å². The average Bonchev–Trinajstić information content (AvgIpc) is 3.14. The van der Waals surface area contributed by atoms with E-state index >= 15 is 0 Å². The Morgan fingerprint density at radius 1 is 1.21 bits per heavy atom. The van der Waals surface area contributed by atoms with Gasteiger partial charge in [0.2, 0.25) is 0 Å². The molecule has 0 aromatic rings. The highest BCUT2D eigenvalue weighted by Crippen LogP contribution is 2.68. The first-order chi connectivity index (χ1) is 13.3. The van der Waals surface area contributed by atoms with Gasteiger partial charge in [0, 0.05) is 24.7 Å². The highest BCUT2D eigenvalue weighted by molar-refractivity contribution is 5.92. The Morgan fingerprint density at radius 3 is 2.82 bits per heavy atom. The van der Waals surface area contributed by atoms with Crippen LogP contribution >= 0.6 is 0 Å². The maximum absolute atomic E-state index is 12.8. The van der Waals surface area contributed by atoms with E-state index in [0.717, 1.165) is 45.1 Å². The zero-order valence-electron chi connectivity index (χ0n) is 16.9. The molecule has 0 amide bonds. The highest BCUT2D eigenvalue weighted by atomic mass is 16.5. The second-order valence-corrected chi connectivity index (χ2v) is 10.1. The van der Waals surface area contributed by atoms with Crippen LogP contribution < -0.4 is 0 Å². The predicted octanol–water partition coefficient (Wildman–Crippen LogP) is 3.26. The van der Waals surface area contributed by atoms with Crippen LogP contribution in [0.1, 0.15) is 58.8 Å². The van der Waals surface area contributed by atoms with Crippen molar-refractivity contribution in [3.63, 3.8) is 0 Å². The van der Waals surface area contributed by atoms with E-state index in [4.69, 9.17) is 9.47 Å². The molecule has 3 saturated carbocycles. The molecule has 0 aromatic carbocycles. The van der Waals surface area contributed by atoms with Crippen molar-refractivity contribution in [2.75, 3.05) is 13.2 Å². The van der Waals surface area contributed by atoms with Gasteiger partial charge in [-0.1, -0.05) is 6.92 Å². The van der Waals surface area contributed by atoms with Gasteiger partial charge in [0.15, 0.2) is 11.6 Å². The summed E-state index contributed by atoms with van der Waals surface area (Å²) in [5.41, 5.74) is 1.36. The number of fused-ring (bicyclic) bond motifs is 3. The van der Waals surface area contributed by atoms with E-state index in [0.29, 0.717) is 24.2 Å². The number of hydrogen-bond donors (Lipinski definition) is 0. The minimum Gasteiger partial charge on any atom is -0.458 e. The van der Waals surface area contributed by atoms with Gasteiger partial charge in [0.05, 0.1) is 12.7 Å². The van der Waals surface area contributed by atoms with E-state index in [9.17, 15) is 14.4 Å². The van der Waals surface area contributed by atoms with Crippen LogP contribution in [0.5, 0.6) is 0 Å². The fraction of sp³-hybridized carbons (Fsp3) is 0.783. The lowest BCUT2D eigenvalue weighted by Gasteiger charge is -2.56. The predicted molar refractivity (Wildman–Crippen MR) is 101 cm³/mol. The van der Waals surface area contributed by atoms with E-state index in [2.05, 4.69) is 6.92 Å². The van der Waals surface area contributed by atoms with Crippen molar-refractivity contribution in [1.29, 1.82) is 0 Å². The average molecular weight is 386 g/mol. The van der Waals surface area contributed by atoms with Crippen LogP contribution in [-0.4, -0.2) is 36.9 Å². The minimum absolute atomic E-state index is 0.000181. The zero-order valence-corrected chi connectivity index (χ0v) is 16.9. The molecular formula is C23H30O5. The molecule has 1 aliphatic heterocycles. The molecule has 4 fully saturated rings. The lowest BCUT2D eigenvalue weighted by Crippen LogP contribution is -2.53. The number of ether oxygens (including phenoxy) is 2. The third-order valence-electron chi connectivity index (χ3n) is 9.04. The van der Waals surface area contributed by atoms with Gasteiger partial charge in [-0.25, -0.2) is 0 Å². The first kappa shape index (κ1) is 18.5. The fourth-order valence-electron chi connectivity index (χ4n) is 7.84. The Morgan fingerprint density at radius 2 is 2.04 bits per heavy atom.